The first kappa shape index (κ1) is 25.2. The van der Waals surface area contributed by atoms with E-state index in [1.165, 1.54) is 13.0 Å². The van der Waals surface area contributed by atoms with Gasteiger partial charge in [-0.15, -0.1) is 0 Å². The van der Waals surface area contributed by atoms with Gasteiger partial charge in [0, 0.05) is 5.70 Å². The Morgan fingerprint density at radius 3 is 1.95 bits per heavy atom. The highest BCUT2D eigenvalue weighted by Gasteiger charge is 2.10. The van der Waals surface area contributed by atoms with Crippen LogP contribution in [0.15, 0.2) is 60.2 Å². The van der Waals surface area contributed by atoms with Gasteiger partial charge < -0.3 is 5.32 Å². The van der Waals surface area contributed by atoms with Crippen molar-refractivity contribution in [2.24, 2.45) is 0 Å². The van der Waals surface area contributed by atoms with E-state index in [0.29, 0.717) is 10.6 Å². The van der Waals surface area contributed by atoms with Crippen LogP contribution in [-0.4, -0.2) is 11.0 Å². The molecule has 0 heterocycles. The zero-order chi connectivity index (χ0) is 18.0. The topological polar surface area (TPSA) is 46.2 Å². The number of carbonyl (C=O) groups is 2. The van der Waals surface area contributed by atoms with Crippen LogP contribution in [0.25, 0.3) is 0 Å². The molecule has 0 radical (unpaired) electrons. The predicted molar refractivity (Wildman–Crippen MR) is 101 cm³/mol. The second-order valence-corrected chi connectivity index (χ2v) is 4.19. The Bertz CT molecular complexity index is 432. The number of carbonyl (C=O) groups excluding carboxylic acids is 2. The van der Waals surface area contributed by atoms with E-state index in [4.69, 9.17) is 0 Å². The van der Waals surface area contributed by atoms with Gasteiger partial charge in [-0.3, -0.25) is 9.59 Å². The lowest BCUT2D eigenvalue weighted by atomic mass is 10.3. The van der Waals surface area contributed by atoms with Gasteiger partial charge in [-0.1, -0.05) is 65.2 Å². The van der Waals surface area contributed by atoms with Crippen LogP contribution < -0.4 is 5.32 Å². The third-order valence-corrected chi connectivity index (χ3v) is 2.83. The van der Waals surface area contributed by atoms with Gasteiger partial charge in [0.1, 0.15) is 0 Å². The highest BCUT2D eigenvalue weighted by Crippen LogP contribution is 2.17. The molecule has 0 saturated heterocycles. The number of amides is 1. The van der Waals surface area contributed by atoms with Crippen LogP contribution in [-0.2, 0) is 4.79 Å². The van der Waals surface area contributed by atoms with Gasteiger partial charge in [0.2, 0.25) is 0 Å². The van der Waals surface area contributed by atoms with Gasteiger partial charge in [-0.05, 0) is 37.8 Å². The number of ketones is 1. The molecule has 4 heteroatoms. The Kier molecular flexibility index (Phi) is 21.9. The number of rotatable bonds is 6. The molecule has 0 aromatic heterocycles. The molecule has 0 fully saturated rings. The number of allylic oxidation sites excluding steroid dienone is 7. The zero-order valence-electron chi connectivity index (χ0n) is 14.6. The van der Waals surface area contributed by atoms with Gasteiger partial charge in [-0.25, -0.2) is 0 Å². The fraction of sp³-hybridized carbons (Fsp3) is 0.333. The molecule has 0 aromatic rings. The van der Waals surface area contributed by atoms with Gasteiger partial charge >= 0.3 is 0 Å². The average molecular weight is 324 g/mol. The third kappa shape index (κ3) is 14.6. The first-order valence-electron chi connectivity index (χ1n) is 7.33. The van der Waals surface area contributed by atoms with E-state index in [1.54, 1.807) is 37.3 Å². The fourth-order valence-corrected chi connectivity index (χ4v) is 1.61. The van der Waals surface area contributed by atoms with Gasteiger partial charge in [0.25, 0.3) is 5.24 Å². The van der Waals surface area contributed by atoms with E-state index >= 15 is 0 Å². The van der Waals surface area contributed by atoms with Crippen LogP contribution in [0.4, 0.5) is 4.79 Å². The second-order valence-electron chi connectivity index (χ2n) is 3.17. The molecule has 22 heavy (non-hydrogen) atoms. The molecule has 1 amide bonds. The first-order valence-corrected chi connectivity index (χ1v) is 8.14. The normalized spacial score (nSPS) is 10.6. The number of nitrogens with one attached hydrogen (secondary N) is 1. The predicted octanol–water partition coefficient (Wildman–Crippen LogP) is 5.79. The maximum Gasteiger partial charge on any atom is 0.288 e. The average Bonchev–Trinajstić information content (AvgIpc) is 2.55. The van der Waals surface area contributed by atoms with Gasteiger partial charge in [-0.2, -0.15) is 0 Å². The van der Waals surface area contributed by atoms with Crippen molar-refractivity contribution in [3.63, 3.8) is 0 Å². The minimum Gasteiger partial charge on any atom is -0.317 e. The summed E-state index contributed by atoms with van der Waals surface area (Å²) in [5.41, 5.74) is 0.560. The lowest BCUT2D eigenvalue weighted by molar-refractivity contribution is -0.112. The number of hydrogen-bond acceptors (Lipinski definition) is 3. The lowest BCUT2D eigenvalue weighted by Crippen LogP contribution is -2.17. The molecule has 0 rings (SSSR count). The lowest BCUT2D eigenvalue weighted by Gasteiger charge is -2.05. The minimum absolute atomic E-state index is 0.131. The summed E-state index contributed by atoms with van der Waals surface area (Å²) in [6.07, 6.45) is 9.92. The third-order valence-electron chi connectivity index (χ3n) is 1.80. The van der Waals surface area contributed by atoms with Crippen LogP contribution in [0.5, 0.6) is 0 Å². The summed E-state index contributed by atoms with van der Waals surface area (Å²) < 4.78 is 0. The van der Waals surface area contributed by atoms with Gasteiger partial charge in [0.05, 0.1) is 4.91 Å². The van der Waals surface area contributed by atoms with Crippen molar-refractivity contribution in [1.29, 1.82) is 0 Å². The standard InChI is InChI=1S/C14H17NO2S.2C2H6/c1-5-8-9-10-12(6-2)15-14(17)18-13(7-3)11(4)16;2*1-2/h5-10H,1-2H2,3-4H3,(H,15,17);2*1-2H3/b9-8-,12-10+,13-7+;;. The number of Topliss-reactive ketones (excluding diaryl/α,β-unsaturated/α-hetero) is 1. The summed E-state index contributed by atoms with van der Waals surface area (Å²) in [5.74, 6) is -0.131. The summed E-state index contributed by atoms with van der Waals surface area (Å²) in [6.45, 7) is 18.3. The molecule has 3 nitrogen and oxygen atoms in total. The van der Waals surface area contributed by atoms with Crippen molar-refractivity contribution >= 4 is 22.8 Å². The van der Waals surface area contributed by atoms with Crippen molar-refractivity contribution < 1.29 is 9.59 Å². The maximum absolute atomic E-state index is 11.6. The van der Waals surface area contributed by atoms with Crippen molar-refractivity contribution in [3.8, 4) is 0 Å². The van der Waals surface area contributed by atoms with Crippen LogP contribution in [0.2, 0.25) is 0 Å². The molecule has 1 N–H and O–H groups in total. The molecule has 0 bridgehead atoms. The molecule has 0 unspecified atom stereocenters. The minimum atomic E-state index is -0.323. The Morgan fingerprint density at radius 1 is 1.05 bits per heavy atom. The summed E-state index contributed by atoms with van der Waals surface area (Å²) in [5, 5.41) is 2.31. The van der Waals surface area contributed by atoms with Crippen molar-refractivity contribution in [1.82, 2.24) is 5.32 Å². The second kappa shape index (κ2) is 19.2. The SMILES string of the molecule is C=C/C=C\C=C(/C=C)NC(=O)S/C(=C/C)C(C)=O.CC.CC. The molecule has 0 saturated carbocycles. The monoisotopic (exact) mass is 323 g/mol. The highest BCUT2D eigenvalue weighted by molar-refractivity contribution is 8.17. The molecule has 0 aliphatic carbocycles. The summed E-state index contributed by atoms with van der Waals surface area (Å²) in [6, 6.07) is 0. The Balaban J connectivity index is -0.000000826. The van der Waals surface area contributed by atoms with Crippen LogP contribution in [0.1, 0.15) is 41.5 Å². The molecule has 0 aliphatic rings. The van der Waals surface area contributed by atoms with Gasteiger partial charge in [0.15, 0.2) is 5.78 Å². The quantitative estimate of drug-likeness (QED) is 0.497. The van der Waals surface area contributed by atoms with E-state index in [-0.39, 0.29) is 11.0 Å². The van der Waals surface area contributed by atoms with Crippen molar-refractivity contribution in [2.45, 2.75) is 41.5 Å². The van der Waals surface area contributed by atoms with Crippen LogP contribution >= 0.6 is 11.8 Å². The molecule has 0 aromatic carbocycles. The van der Waals surface area contributed by atoms with Crippen molar-refractivity contribution in [2.75, 3.05) is 0 Å². The number of hydrogen-bond donors (Lipinski definition) is 1. The van der Waals surface area contributed by atoms with E-state index in [1.807, 2.05) is 27.7 Å². The Hall–Kier alpha value is -1.81. The van der Waals surface area contributed by atoms with Crippen LogP contribution in [0.3, 0.4) is 0 Å². The molecule has 124 valence electrons. The highest BCUT2D eigenvalue weighted by atomic mass is 32.2. The van der Waals surface area contributed by atoms with E-state index in [0.717, 1.165) is 11.8 Å². The molecule has 0 atom stereocenters. The zero-order valence-corrected chi connectivity index (χ0v) is 15.4. The largest absolute Gasteiger partial charge is 0.317 e. The molecule has 0 aliphatic heterocycles. The number of thioether (sulfide) groups is 1. The Morgan fingerprint density at radius 2 is 1.59 bits per heavy atom. The van der Waals surface area contributed by atoms with E-state index in [2.05, 4.69) is 18.5 Å². The summed E-state index contributed by atoms with van der Waals surface area (Å²) >= 11 is 0.864. The Labute approximate surface area is 140 Å². The smallest absolute Gasteiger partial charge is 0.288 e. The van der Waals surface area contributed by atoms with Crippen LogP contribution in [0, 0.1) is 0 Å². The van der Waals surface area contributed by atoms with E-state index < -0.39 is 0 Å². The summed E-state index contributed by atoms with van der Waals surface area (Å²) in [4.78, 5) is 23.2. The maximum atomic E-state index is 11.6. The summed E-state index contributed by atoms with van der Waals surface area (Å²) in [7, 11) is 0. The molecular formula is C18H29NO2S. The first-order chi connectivity index (χ1) is 10.5. The molecule has 0 spiro atoms. The van der Waals surface area contributed by atoms with Crippen molar-refractivity contribution in [3.05, 3.63) is 60.2 Å². The van der Waals surface area contributed by atoms with E-state index in [9.17, 15) is 9.59 Å². The fourth-order valence-electron chi connectivity index (χ4n) is 0.976. The molecular weight excluding hydrogens is 294 g/mol.